The number of rotatable bonds is 3. The number of aromatic amines is 2. The molecular formula is C11H11N3O2S. The van der Waals surface area contributed by atoms with Crippen LogP contribution in [-0.4, -0.2) is 17.0 Å². The van der Waals surface area contributed by atoms with Crippen LogP contribution in [0.5, 0.6) is 0 Å². The van der Waals surface area contributed by atoms with E-state index in [1.807, 2.05) is 31.3 Å². The number of para-hydroxylation sites is 1. The van der Waals surface area contributed by atoms with E-state index in [1.165, 1.54) is 17.8 Å². The summed E-state index contributed by atoms with van der Waals surface area (Å²) in [7, 11) is 1.82. The minimum atomic E-state index is -0.498. The van der Waals surface area contributed by atoms with Gasteiger partial charge in [-0.25, -0.2) is 4.79 Å². The number of anilines is 1. The molecule has 0 unspecified atom stereocenters. The third-order valence-corrected chi connectivity index (χ3v) is 3.13. The molecule has 0 saturated carbocycles. The maximum Gasteiger partial charge on any atom is 0.326 e. The number of benzene rings is 1. The van der Waals surface area contributed by atoms with E-state index < -0.39 is 11.2 Å². The van der Waals surface area contributed by atoms with E-state index >= 15 is 0 Å². The van der Waals surface area contributed by atoms with E-state index in [1.54, 1.807) is 0 Å². The van der Waals surface area contributed by atoms with Crippen LogP contribution in [0.25, 0.3) is 0 Å². The van der Waals surface area contributed by atoms with Gasteiger partial charge in [0.15, 0.2) is 0 Å². The third-order valence-electron chi connectivity index (χ3n) is 2.11. The van der Waals surface area contributed by atoms with Crippen LogP contribution in [-0.2, 0) is 0 Å². The van der Waals surface area contributed by atoms with Gasteiger partial charge in [0.05, 0.1) is 5.03 Å². The van der Waals surface area contributed by atoms with Crippen molar-refractivity contribution in [2.75, 3.05) is 12.4 Å². The maximum atomic E-state index is 11.2. The summed E-state index contributed by atoms with van der Waals surface area (Å²) in [6.45, 7) is 0. The van der Waals surface area contributed by atoms with Gasteiger partial charge in [0.25, 0.3) is 5.56 Å². The Kier molecular flexibility index (Phi) is 3.34. The van der Waals surface area contributed by atoms with E-state index in [-0.39, 0.29) is 0 Å². The van der Waals surface area contributed by atoms with E-state index in [2.05, 4.69) is 15.3 Å². The molecule has 88 valence electrons. The largest absolute Gasteiger partial charge is 0.387 e. The van der Waals surface area contributed by atoms with E-state index in [4.69, 9.17) is 0 Å². The Morgan fingerprint density at radius 1 is 1.18 bits per heavy atom. The van der Waals surface area contributed by atoms with Gasteiger partial charge in [-0.2, -0.15) is 0 Å². The zero-order valence-electron chi connectivity index (χ0n) is 9.11. The highest BCUT2D eigenvalue weighted by molar-refractivity contribution is 7.99. The van der Waals surface area contributed by atoms with Crippen LogP contribution >= 0.6 is 11.8 Å². The van der Waals surface area contributed by atoms with Crippen LogP contribution in [0, 0.1) is 0 Å². The van der Waals surface area contributed by atoms with Gasteiger partial charge in [0.2, 0.25) is 0 Å². The zero-order valence-corrected chi connectivity index (χ0v) is 9.93. The molecule has 0 spiro atoms. The Balaban J connectivity index is 2.37. The third kappa shape index (κ3) is 2.79. The molecule has 0 atom stereocenters. The van der Waals surface area contributed by atoms with Gasteiger partial charge in [-0.05, 0) is 12.1 Å². The molecule has 6 heteroatoms. The minimum Gasteiger partial charge on any atom is -0.387 e. The lowest BCUT2D eigenvalue weighted by atomic mass is 10.3. The summed E-state index contributed by atoms with van der Waals surface area (Å²) in [5.41, 5.74) is 0.0405. The first-order chi connectivity index (χ1) is 8.19. The van der Waals surface area contributed by atoms with Gasteiger partial charge in [-0.1, -0.05) is 23.9 Å². The fraction of sp³-hybridized carbons (Fsp3) is 0.0909. The molecule has 0 radical (unpaired) electrons. The highest BCUT2D eigenvalue weighted by atomic mass is 32.2. The van der Waals surface area contributed by atoms with Crippen molar-refractivity contribution >= 4 is 17.4 Å². The van der Waals surface area contributed by atoms with Crippen LogP contribution in [0.1, 0.15) is 0 Å². The molecule has 2 rings (SSSR count). The molecule has 2 aromatic rings. The summed E-state index contributed by atoms with van der Waals surface area (Å²) < 4.78 is 0. The second-order valence-electron chi connectivity index (χ2n) is 3.30. The molecule has 1 aromatic heterocycles. The number of hydrogen-bond acceptors (Lipinski definition) is 4. The molecule has 0 aliphatic carbocycles. The van der Waals surface area contributed by atoms with Crippen LogP contribution in [0.15, 0.2) is 49.8 Å². The smallest absolute Gasteiger partial charge is 0.326 e. The quantitative estimate of drug-likeness (QED) is 0.716. The Hall–Kier alpha value is -1.95. The molecule has 0 fully saturated rings. The maximum absolute atomic E-state index is 11.2. The van der Waals surface area contributed by atoms with Crippen LogP contribution < -0.4 is 16.6 Å². The van der Waals surface area contributed by atoms with Gasteiger partial charge >= 0.3 is 5.69 Å². The molecule has 0 bridgehead atoms. The van der Waals surface area contributed by atoms with Crippen molar-refractivity contribution < 1.29 is 0 Å². The Labute approximate surface area is 101 Å². The Morgan fingerprint density at radius 3 is 2.65 bits per heavy atom. The highest BCUT2D eigenvalue weighted by Gasteiger charge is 2.04. The van der Waals surface area contributed by atoms with Crippen molar-refractivity contribution in [1.82, 2.24) is 9.97 Å². The van der Waals surface area contributed by atoms with Gasteiger partial charge in [-0.15, -0.1) is 0 Å². The van der Waals surface area contributed by atoms with Gasteiger partial charge in [0, 0.05) is 23.7 Å². The zero-order chi connectivity index (χ0) is 12.3. The monoisotopic (exact) mass is 249 g/mol. The molecular weight excluding hydrogens is 238 g/mol. The summed E-state index contributed by atoms with van der Waals surface area (Å²) >= 11 is 1.33. The molecule has 0 aliphatic rings. The number of H-pyrrole nitrogens is 2. The van der Waals surface area contributed by atoms with Gasteiger partial charge in [-0.3, -0.25) is 9.78 Å². The predicted octanol–water partition coefficient (Wildman–Crippen LogP) is 1.26. The minimum absolute atomic E-state index is 0.404. The topological polar surface area (TPSA) is 77.8 Å². The van der Waals surface area contributed by atoms with Crippen LogP contribution in [0.3, 0.4) is 0 Å². The van der Waals surface area contributed by atoms with Gasteiger partial charge in [0.1, 0.15) is 0 Å². The molecule has 5 nitrogen and oxygen atoms in total. The lowest BCUT2D eigenvalue weighted by Gasteiger charge is -2.07. The molecule has 1 aromatic carbocycles. The number of aromatic nitrogens is 2. The summed E-state index contributed by atoms with van der Waals surface area (Å²) in [6.07, 6.45) is 0. The average molecular weight is 249 g/mol. The molecule has 0 aliphatic heterocycles. The summed E-state index contributed by atoms with van der Waals surface area (Å²) in [6, 6.07) is 9.01. The summed E-state index contributed by atoms with van der Waals surface area (Å²) in [5.74, 6) is 0. The lowest BCUT2D eigenvalue weighted by molar-refractivity contribution is 0.950. The molecule has 0 amide bonds. The van der Waals surface area contributed by atoms with Crippen molar-refractivity contribution in [3.63, 3.8) is 0 Å². The normalized spacial score (nSPS) is 10.2. The second kappa shape index (κ2) is 4.92. The van der Waals surface area contributed by atoms with Crippen LogP contribution in [0.4, 0.5) is 5.69 Å². The highest BCUT2D eigenvalue weighted by Crippen LogP contribution is 2.30. The molecule has 17 heavy (non-hydrogen) atoms. The van der Waals surface area contributed by atoms with Crippen molar-refractivity contribution in [3.8, 4) is 0 Å². The van der Waals surface area contributed by atoms with E-state index in [0.29, 0.717) is 5.03 Å². The van der Waals surface area contributed by atoms with Crippen molar-refractivity contribution in [1.29, 1.82) is 0 Å². The fourth-order valence-corrected chi connectivity index (χ4v) is 2.36. The Morgan fingerprint density at radius 2 is 1.94 bits per heavy atom. The SMILES string of the molecule is CNc1ccccc1Sc1cc(=O)[nH]c(=O)[nH]1. The first-order valence-electron chi connectivity index (χ1n) is 4.97. The Bertz CT molecular complexity index is 605. The first-order valence-corrected chi connectivity index (χ1v) is 5.79. The average Bonchev–Trinajstić information content (AvgIpc) is 2.28. The first kappa shape index (κ1) is 11.5. The van der Waals surface area contributed by atoms with Gasteiger partial charge < -0.3 is 10.3 Å². The van der Waals surface area contributed by atoms with Crippen molar-refractivity contribution in [3.05, 3.63) is 51.2 Å². The second-order valence-corrected chi connectivity index (χ2v) is 4.38. The van der Waals surface area contributed by atoms with Crippen molar-refractivity contribution in [2.45, 2.75) is 9.92 Å². The molecule has 0 saturated heterocycles. The van der Waals surface area contributed by atoms with Crippen LogP contribution in [0.2, 0.25) is 0 Å². The summed E-state index contributed by atoms with van der Waals surface area (Å²) in [4.78, 5) is 27.9. The predicted molar refractivity (Wildman–Crippen MR) is 67.8 cm³/mol. The van der Waals surface area contributed by atoms with E-state index in [0.717, 1.165) is 10.6 Å². The standard InChI is InChI=1S/C11H11N3O2S/c1-12-7-4-2-3-5-8(7)17-10-6-9(15)13-11(16)14-10/h2-6,12H,1H3,(H2,13,14,15,16). The van der Waals surface area contributed by atoms with E-state index in [9.17, 15) is 9.59 Å². The fourth-order valence-electron chi connectivity index (χ4n) is 1.38. The molecule has 3 N–H and O–H groups in total. The molecule has 1 heterocycles. The lowest BCUT2D eigenvalue weighted by Crippen LogP contribution is -2.21. The van der Waals surface area contributed by atoms with Crippen molar-refractivity contribution in [2.24, 2.45) is 0 Å². The summed E-state index contributed by atoms with van der Waals surface area (Å²) in [5, 5.41) is 3.56. The number of nitrogens with one attached hydrogen (secondary N) is 3. The number of hydrogen-bond donors (Lipinski definition) is 3.